The van der Waals surface area contributed by atoms with Gasteiger partial charge < -0.3 is 5.11 Å². The van der Waals surface area contributed by atoms with Crippen LogP contribution in [0.5, 0.6) is 0 Å². The predicted octanol–water partition coefficient (Wildman–Crippen LogP) is 4.35. The Labute approximate surface area is 146 Å². The molecule has 0 unspecified atom stereocenters. The van der Waals surface area contributed by atoms with Crippen molar-refractivity contribution in [3.05, 3.63) is 0 Å². The summed E-state index contributed by atoms with van der Waals surface area (Å²) in [5.74, 6) is 5.20. The van der Waals surface area contributed by atoms with Crippen LogP contribution in [-0.4, -0.2) is 16.5 Å². The van der Waals surface area contributed by atoms with Crippen molar-refractivity contribution in [2.75, 3.05) is 0 Å². The molecule has 2 heteroatoms. The number of hydrogen-bond donors (Lipinski definition) is 1. The predicted molar refractivity (Wildman–Crippen MR) is 95.1 cm³/mol. The van der Waals surface area contributed by atoms with Crippen LogP contribution in [0, 0.1) is 46.3 Å². The third-order valence-corrected chi connectivity index (χ3v) is 9.38. The molecule has 4 rings (SSSR count). The fourth-order valence-corrected chi connectivity index (χ4v) is 7.57. The van der Waals surface area contributed by atoms with Gasteiger partial charge in [0.2, 0.25) is 0 Å². The van der Waals surface area contributed by atoms with E-state index in [1.165, 1.54) is 12.8 Å². The first kappa shape index (κ1) is 16.6. The van der Waals surface area contributed by atoms with Gasteiger partial charge >= 0.3 is 0 Å². The molecule has 0 amide bonds. The smallest absolute Gasteiger partial charge is 0.139 e. The number of fused-ring (bicyclic) bond motifs is 5. The molecule has 4 aliphatic rings. The molecule has 0 aromatic carbocycles. The Hall–Kier alpha value is -0.810. The Morgan fingerprint density at radius 2 is 1.79 bits per heavy atom. The molecular weight excluding hydrogens is 296 g/mol. The summed E-state index contributed by atoms with van der Waals surface area (Å²) in [5.41, 5.74) is -0.567. The highest BCUT2D eigenvalue weighted by atomic mass is 16.3. The largest absolute Gasteiger partial charge is 0.378 e. The first-order valence-corrected chi connectivity index (χ1v) is 9.91. The van der Waals surface area contributed by atoms with Crippen LogP contribution in [0.15, 0.2) is 0 Å². The average molecular weight is 328 g/mol. The van der Waals surface area contributed by atoms with E-state index < -0.39 is 5.60 Å². The second kappa shape index (κ2) is 4.88. The summed E-state index contributed by atoms with van der Waals surface area (Å²) in [7, 11) is 0. The van der Waals surface area contributed by atoms with E-state index in [9.17, 15) is 9.90 Å². The fraction of sp³-hybridized carbons (Fsp3) is 0.864. The van der Waals surface area contributed by atoms with Crippen molar-refractivity contribution in [1.29, 1.82) is 0 Å². The molecule has 24 heavy (non-hydrogen) atoms. The normalized spacial score (nSPS) is 56.8. The summed E-state index contributed by atoms with van der Waals surface area (Å²) >= 11 is 0. The second-order valence-corrected chi connectivity index (χ2v) is 10.2. The zero-order valence-electron chi connectivity index (χ0n) is 15.5. The summed E-state index contributed by atoms with van der Waals surface area (Å²) in [6.07, 6.45) is 14.7. The quantitative estimate of drug-likeness (QED) is 0.671. The zero-order chi connectivity index (χ0) is 17.4. The molecular formula is C22H32O2. The van der Waals surface area contributed by atoms with Crippen LogP contribution >= 0.6 is 0 Å². The molecule has 0 spiro atoms. The van der Waals surface area contributed by atoms with Crippen LogP contribution in [-0.2, 0) is 4.79 Å². The van der Waals surface area contributed by atoms with Gasteiger partial charge in [0.05, 0.1) is 0 Å². The number of carbonyl (C=O) groups excluding carboxylic acids is 1. The van der Waals surface area contributed by atoms with Gasteiger partial charge in [-0.3, -0.25) is 4.79 Å². The van der Waals surface area contributed by atoms with E-state index >= 15 is 0 Å². The molecule has 0 saturated heterocycles. The van der Waals surface area contributed by atoms with Crippen LogP contribution in [0.3, 0.4) is 0 Å². The van der Waals surface area contributed by atoms with E-state index in [0.717, 1.165) is 44.9 Å². The molecule has 0 aliphatic heterocycles. The van der Waals surface area contributed by atoms with Gasteiger partial charge in [-0.25, -0.2) is 0 Å². The van der Waals surface area contributed by atoms with Crippen LogP contribution in [0.4, 0.5) is 0 Å². The molecule has 4 aliphatic carbocycles. The van der Waals surface area contributed by atoms with Gasteiger partial charge in [0, 0.05) is 11.8 Å². The average Bonchev–Trinajstić information content (AvgIpc) is 2.84. The van der Waals surface area contributed by atoms with Crippen molar-refractivity contribution in [3.8, 4) is 12.3 Å². The molecule has 0 heterocycles. The van der Waals surface area contributed by atoms with Crippen molar-refractivity contribution in [2.24, 2.45) is 34.0 Å². The van der Waals surface area contributed by atoms with Crippen LogP contribution < -0.4 is 0 Å². The standard InChI is InChI=1S/C22H32O2/c1-5-22(24)13-12-21(4)17-9-11-20(3)16(6-7-18(20)23)15(17)8-10-19(21,2)14-22/h1,15-17,24H,6-14H2,2-4H3/t15-,16+,17-,19-,20+,21-,22-/m0/s1. The molecule has 132 valence electrons. The Morgan fingerprint density at radius 1 is 1.04 bits per heavy atom. The Kier molecular flexibility index (Phi) is 3.38. The van der Waals surface area contributed by atoms with Crippen molar-refractivity contribution in [1.82, 2.24) is 0 Å². The number of terminal acetylenes is 1. The van der Waals surface area contributed by atoms with Crippen LogP contribution in [0.2, 0.25) is 0 Å². The van der Waals surface area contributed by atoms with Gasteiger partial charge in [0.25, 0.3) is 0 Å². The summed E-state index contributed by atoms with van der Waals surface area (Å²) in [5, 5.41) is 10.7. The minimum Gasteiger partial charge on any atom is -0.378 e. The molecule has 2 nitrogen and oxygen atoms in total. The lowest BCUT2D eigenvalue weighted by molar-refractivity contribution is -0.179. The summed E-state index contributed by atoms with van der Waals surface area (Å²) in [4.78, 5) is 12.5. The lowest BCUT2D eigenvalue weighted by Crippen LogP contribution is -2.60. The third kappa shape index (κ3) is 1.91. The monoisotopic (exact) mass is 328 g/mol. The summed E-state index contributed by atoms with van der Waals surface area (Å²) in [6.45, 7) is 7.09. The van der Waals surface area contributed by atoms with E-state index in [0.29, 0.717) is 23.5 Å². The topological polar surface area (TPSA) is 37.3 Å². The fourth-order valence-electron chi connectivity index (χ4n) is 7.57. The van der Waals surface area contributed by atoms with Gasteiger partial charge in [0.1, 0.15) is 11.4 Å². The molecule has 0 bridgehead atoms. The first-order chi connectivity index (χ1) is 11.2. The molecule has 0 aromatic heterocycles. The minimum absolute atomic E-state index is 0.0422. The molecule has 0 aromatic rings. The van der Waals surface area contributed by atoms with Crippen LogP contribution in [0.25, 0.3) is 0 Å². The molecule has 4 fully saturated rings. The SMILES string of the molecule is C#C[C@]1(O)CC[C@@]2(C)[C@H]3CC[C@@]4(C)C(=O)CC[C@@H]4[C@@H]3CC[C@@]2(C)C1. The number of ketones is 1. The van der Waals surface area contributed by atoms with E-state index in [1.54, 1.807) is 0 Å². The first-order valence-electron chi connectivity index (χ1n) is 9.91. The van der Waals surface area contributed by atoms with Crippen molar-refractivity contribution >= 4 is 5.78 Å². The van der Waals surface area contributed by atoms with Gasteiger partial charge in [0.15, 0.2) is 0 Å². The maximum absolute atomic E-state index is 12.5. The lowest BCUT2D eigenvalue weighted by atomic mass is 9.39. The van der Waals surface area contributed by atoms with Crippen molar-refractivity contribution in [3.63, 3.8) is 0 Å². The number of rotatable bonds is 0. The number of aliphatic hydroxyl groups is 1. The number of hydrogen-bond acceptors (Lipinski definition) is 2. The second-order valence-electron chi connectivity index (χ2n) is 10.2. The van der Waals surface area contributed by atoms with Gasteiger partial charge in [-0.2, -0.15) is 0 Å². The lowest BCUT2D eigenvalue weighted by Gasteiger charge is -2.65. The Morgan fingerprint density at radius 3 is 2.50 bits per heavy atom. The maximum atomic E-state index is 12.5. The van der Waals surface area contributed by atoms with E-state index in [2.05, 4.69) is 26.7 Å². The minimum atomic E-state index is -0.909. The highest BCUT2D eigenvalue weighted by molar-refractivity contribution is 5.87. The molecule has 0 radical (unpaired) electrons. The zero-order valence-corrected chi connectivity index (χ0v) is 15.5. The Bertz CT molecular complexity index is 618. The summed E-state index contributed by atoms with van der Waals surface area (Å²) < 4.78 is 0. The van der Waals surface area contributed by atoms with E-state index in [1.807, 2.05) is 0 Å². The Balaban J connectivity index is 1.68. The number of Topliss-reactive ketones (excluding diaryl/α,β-unsaturated/α-hetero) is 1. The maximum Gasteiger partial charge on any atom is 0.139 e. The highest BCUT2D eigenvalue weighted by Gasteiger charge is 2.64. The van der Waals surface area contributed by atoms with Gasteiger partial charge in [-0.15, -0.1) is 6.42 Å². The van der Waals surface area contributed by atoms with Crippen molar-refractivity contribution in [2.45, 2.75) is 84.2 Å². The van der Waals surface area contributed by atoms with E-state index in [-0.39, 0.29) is 16.2 Å². The number of carbonyl (C=O) groups is 1. The van der Waals surface area contributed by atoms with Crippen LogP contribution in [0.1, 0.15) is 78.6 Å². The van der Waals surface area contributed by atoms with E-state index in [4.69, 9.17) is 6.42 Å². The molecule has 1 N–H and O–H groups in total. The van der Waals surface area contributed by atoms with Gasteiger partial charge in [-0.05, 0) is 80.0 Å². The summed E-state index contributed by atoms with van der Waals surface area (Å²) in [6, 6.07) is 0. The molecule has 4 saturated carbocycles. The van der Waals surface area contributed by atoms with Crippen molar-refractivity contribution < 1.29 is 9.90 Å². The highest BCUT2D eigenvalue weighted by Crippen LogP contribution is 2.70. The third-order valence-electron chi connectivity index (χ3n) is 9.38. The molecule has 7 atom stereocenters. The van der Waals surface area contributed by atoms with Gasteiger partial charge in [-0.1, -0.05) is 26.7 Å².